The molecule has 0 radical (unpaired) electrons. The van der Waals surface area contributed by atoms with Gasteiger partial charge in [-0.2, -0.15) is 0 Å². The summed E-state index contributed by atoms with van der Waals surface area (Å²) in [6.45, 7) is 1.70. The molecule has 0 aliphatic carbocycles. The quantitative estimate of drug-likeness (QED) is 0.848. The molecule has 0 unspecified atom stereocenters. The second-order valence-electron chi connectivity index (χ2n) is 3.78. The number of halogens is 2. The number of hydrogen-bond donors (Lipinski definition) is 1. The molecule has 0 bridgehead atoms. The smallest absolute Gasteiger partial charge is 0.336 e. The molecule has 1 N–H and O–H groups in total. The average molecular weight is 387 g/mol. The molecular formula is C13H9Br2NO3. The fraction of sp³-hybridized carbons (Fsp3) is 0.0769. The Kier molecular flexibility index (Phi) is 4.21. The minimum absolute atomic E-state index is 0.214. The van der Waals surface area contributed by atoms with Gasteiger partial charge in [0.05, 0.1) is 10.0 Å². The van der Waals surface area contributed by atoms with Crippen molar-refractivity contribution in [3.63, 3.8) is 0 Å². The molecule has 2 aromatic rings. The van der Waals surface area contributed by atoms with E-state index < -0.39 is 5.97 Å². The predicted octanol–water partition coefficient (Wildman–Crippen LogP) is 4.41. The molecule has 1 aromatic carbocycles. The number of rotatable bonds is 3. The van der Waals surface area contributed by atoms with E-state index in [0.29, 0.717) is 21.7 Å². The van der Waals surface area contributed by atoms with Gasteiger partial charge in [-0.1, -0.05) is 6.07 Å². The highest BCUT2D eigenvalue weighted by atomic mass is 79.9. The molecule has 0 atom stereocenters. The fourth-order valence-electron chi connectivity index (χ4n) is 1.54. The second kappa shape index (κ2) is 5.71. The monoisotopic (exact) mass is 385 g/mol. The Morgan fingerprint density at radius 2 is 2.11 bits per heavy atom. The van der Waals surface area contributed by atoms with Gasteiger partial charge < -0.3 is 9.84 Å². The van der Waals surface area contributed by atoms with Gasteiger partial charge in [-0.15, -0.1) is 0 Å². The lowest BCUT2D eigenvalue weighted by Gasteiger charge is -2.10. The Bertz CT molecular complexity index is 644. The molecule has 0 fully saturated rings. The van der Waals surface area contributed by atoms with E-state index in [1.165, 1.54) is 6.07 Å². The first-order valence-corrected chi connectivity index (χ1v) is 6.89. The first kappa shape index (κ1) is 14.0. The Hall–Kier alpha value is -1.40. The second-order valence-corrected chi connectivity index (χ2v) is 5.55. The molecule has 0 amide bonds. The summed E-state index contributed by atoms with van der Waals surface area (Å²) in [5.41, 5.74) is 0.775. The molecule has 19 heavy (non-hydrogen) atoms. The van der Waals surface area contributed by atoms with E-state index in [-0.39, 0.29) is 5.56 Å². The van der Waals surface area contributed by atoms with Crippen LogP contribution in [0.25, 0.3) is 0 Å². The van der Waals surface area contributed by atoms with Crippen LogP contribution in [0.4, 0.5) is 0 Å². The van der Waals surface area contributed by atoms with Crippen LogP contribution < -0.4 is 4.74 Å². The number of pyridine rings is 1. The third kappa shape index (κ3) is 3.13. The molecule has 1 aromatic heterocycles. The molecule has 0 aliphatic rings. The number of carboxylic acid groups (broad SMARTS) is 1. The van der Waals surface area contributed by atoms with Crippen LogP contribution in [0.1, 0.15) is 15.9 Å². The molecule has 4 nitrogen and oxygen atoms in total. The van der Waals surface area contributed by atoms with Crippen LogP contribution >= 0.6 is 31.9 Å². The minimum Gasteiger partial charge on any atom is -0.478 e. The van der Waals surface area contributed by atoms with Crippen molar-refractivity contribution in [3.05, 3.63) is 50.5 Å². The maximum Gasteiger partial charge on any atom is 0.336 e. The molecule has 6 heteroatoms. The van der Waals surface area contributed by atoms with Gasteiger partial charge in [0, 0.05) is 16.2 Å². The number of ether oxygens (including phenoxy) is 1. The summed E-state index contributed by atoms with van der Waals surface area (Å²) in [4.78, 5) is 15.2. The Morgan fingerprint density at radius 3 is 2.74 bits per heavy atom. The first-order valence-electron chi connectivity index (χ1n) is 5.31. The highest BCUT2D eigenvalue weighted by Crippen LogP contribution is 2.32. The summed E-state index contributed by atoms with van der Waals surface area (Å²) in [5, 5.41) is 9.06. The number of aromatic nitrogens is 1. The number of hydrogen-bond acceptors (Lipinski definition) is 3. The Morgan fingerprint density at radius 1 is 1.37 bits per heavy atom. The summed E-state index contributed by atoms with van der Waals surface area (Å²) >= 11 is 6.64. The first-order chi connectivity index (χ1) is 8.99. The van der Waals surface area contributed by atoms with Gasteiger partial charge in [0.2, 0.25) is 5.88 Å². The minimum atomic E-state index is -0.981. The zero-order valence-electron chi connectivity index (χ0n) is 9.85. The largest absolute Gasteiger partial charge is 0.478 e. The van der Waals surface area contributed by atoms with Crippen LogP contribution in [0.5, 0.6) is 11.6 Å². The average Bonchev–Trinajstić information content (AvgIpc) is 2.34. The van der Waals surface area contributed by atoms with Crippen LogP contribution in [0.2, 0.25) is 0 Å². The van der Waals surface area contributed by atoms with E-state index >= 15 is 0 Å². The zero-order chi connectivity index (χ0) is 14.0. The van der Waals surface area contributed by atoms with Crippen LogP contribution in [0, 0.1) is 6.92 Å². The van der Waals surface area contributed by atoms with Crippen molar-refractivity contribution < 1.29 is 14.6 Å². The molecular weight excluding hydrogens is 378 g/mol. The number of carboxylic acids is 1. The van der Waals surface area contributed by atoms with Crippen LogP contribution in [0.15, 0.2) is 39.4 Å². The van der Waals surface area contributed by atoms with Gasteiger partial charge in [-0.25, -0.2) is 9.78 Å². The van der Waals surface area contributed by atoms with Gasteiger partial charge in [0.25, 0.3) is 0 Å². The van der Waals surface area contributed by atoms with E-state index in [1.54, 1.807) is 31.3 Å². The zero-order valence-corrected chi connectivity index (χ0v) is 13.0. The van der Waals surface area contributed by atoms with Crippen molar-refractivity contribution in [1.82, 2.24) is 4.98 Å². The van der Waals surface area contributed by atoms with Gasteiger partial charge in [0.15, 0.2) is 0 Å². The van der Waals surface area contributed by atoms with Crippen molar-refractivity contribution in [2.24, 2.45) is 0 Å². The topological polar surface area (TPSA) is 59.4 Å². The molecule has 0 saturated carbocycles. The summed E-state index contributed by atoms with van der Waals surface area (Å²) in [6.07, 6.45) is 1.61. The SMILES string of the molecule is Cc1c(Oc2ncc(Br)cc2Br)cccc1C(=O)O. The highest BCUT2D eigenvalue weighted by molar-refractivity contribution is 9.11. The van der Waals surface area contributed by atoms with E-state index in [1.807, 2.05) is 0 Å². The number of aromatic carboxylic acids is 1. The van der Waals surface area contributed by atoms with Gasteiger partial charge in [-0.3, -0.25) is 0 Å². The molecule has 1 heterocycles. The lowest BCUT2D eigenvalue weighted by Crippen LogP contribution is -2.01. The lowest BCUT2D eigenvalue weighted by atomic mass is 10.1. The van der Waals surface area contributed by atoms with Gasteiger partial charge >= 0.3 is 5.97 Å². The van der Waals surface area contributed by atoms with Gasteiger partial charge in [0.1, 0.15) is 5.75 Å². The normalized spacial score (nSPS) is 10.3. The van der Waals surface area contributed by atoms with Gasteiger partial charge in [-0.05, 0) is 57.0 Å². The van der Waals surface area contributed by atoms with Crippen molar-refractivity contribution >= 4 is 37.8 Å². The van der Waals surface area contributed by atoms with E-state index in [2.05, 4.69) is 36.8 Å². The summed E-state index contributed by atoms with van der Waals surface area (Å²) < 4.78 is 7.15. The molecule has 98 valence electrons. The van der Waals surface area contributed by atoms with Crippen molar-refractivity contribution in [1.29, 1.82) is 0 Å². The maximum absolute atomic E-state index is 11.1. The lowest BCUT2D eigenvalue weighted by molar-refractivity contribution is 0.0695. The molecule has 0 spiro atoms. The van der Waals surface area contributed by atoms with Crippen LogP contribution in [-0.2, 0) is 0 Å². The van der Waals surface area contributed by atoms with Crippen LogP contribution in [0.3, 0.4) is 0 Å². The maximum atomic E-state index is 11.1. The standard InChI is InChI=1S/C13H9Br2NO3/c1-7-9(13(17)18)3-2-4-11(7)19-12-10(15)5-8(14)6-16-12/h2-6H,1H3,(H,17,18). The molecule has 2 rings (SSSR count). The third-order valence-corrected chi connectivity index (χ3v) is 3.50. The summed E-state index contributed by atoms with van der Waals surface area (Å²) in [5.74, 6) is -0.130. The van der Waals surface area contributed by atoms with E-state index in [0.717, 1.165) is 4.47 Å². The number of carbonyl (C=O) groups is 1. The molecule has 0 saturated heterocycles. The predicted molar refractivity (Wildman–Crippen MR) is 77.8 cm³/mol. The third-order valence-electron chi connectivity index (χ3n) is 2.50. The number of nitrogens with zero attached hydrogens (tertiary/aromatic N) is 1. The molecule has 0 aliphatic heterocycles. The Labute approximate surface area is 126 Å². The highest BCUT2D eigenvalue weighted by Gasteiger charge is 2.13. The Balaban J connectivity index is 2.38. The summed E-state index contributed by atoms with van der Waals surface area (Å²) in [7, 11) is 0. The summed E-state index contributed by atoms with van der Waals surface area (Å²) in [6, 6.07) is 6.68. The van der Waals surface area contributed by atoms with E-state index in [9.17, 15) is 4.79 Å². The van der Waals surface area contributed by atoms with Crippen molar-refractivity contribution in [2.75, 3.05) is 0 Å². The fourth-order valence-corrected chi connectivity index (χ4v) is 2.61. The number of benzene rings is 1. The van der Waals surface area contributed by atoms with Crippen LogP contribution in [-0.4, -0.2) is 16.1 Å². The van der Waals surface area contributed by atoms with E-state index in [4.69, 9.17) is 9.84 Å². The van der Waals surface area contributed by atoms with Crippen molar-refractivity contribution in [3.8, 4) is 11.6 Å². The van der Waals surface area contributed by atoms with Crippen molar-refractivity contribution in [2.45, 2.75) is 6.92 Å².